The fourth-order valence-electron chi connectivity index (χ4n) is 2.33. The average Bonchev–Trinajstić information content (AvgIpc) is 3.16. The number of aryl methyl sites for hydroxylation is 1. The van der Waals surface area contributed by atoms with Crippen LogP contribution in [-0.2, 0) is 4.79 Å². The van der Waals surface area contributed by atoms with Gasteiger partial charge in [0.15, 0.2) is 21.7 Å². The maximum absolute atomic E-state index is 12.2. The minimum Gasteiger partial charge on any atom is -0.493 e. The molecule has 8 heteroatoms. The van der Waals surface area contributed by atoms with Crippen molar-refractivity contribution in [2.45, 2.75) is 11.3 Å². The molecule has 0 fully saturated rings. The van der Waals surface area contributed by atoms with Gasteiger partial charge in [0, 0.05) is 17.3 Å². The maximum Gasteiger partial charge on any atom is 0.234 e. The lowest BCUT2D eigenvalue weighted by atomic mass is 10.1. The van der Waals surface area contributed by atoms with Gasteiger partial charge in [-0.2, -0.15) is 4.37 Å². The van der Waals surface area contributed by atoms with Crippen molar-refractivity contribution in [1.29, 1.82) is 0 Å². The highest BCUT2D eigenvalue weighted by Gasteiger charge is 2.11. The molecule has 0 aliphatic carbocycles. The van der Waals surface area contributed by atoms with Crippen LogP contribution in [-0.4, -0.2) is 35.2 Å². The molecule has 2 aromatic carbocycles. The van der Waals surface area contributed by atoms with Crippen molar-refractivity contribution in [3.05, 3.63) is 48.0 Å². The van der Waals surface area contributed by atoms with Gasteiger partial charge in [0.2, 0.25) is 5.91 Å². The molecule has 0 unspecified atom stereocenters. The summed E-state index contributed by atoms with van der Waals surface area (Å²) in [5, 5.41) is 2.84. The normalized spacial score (nSPS) is 10.5. The molecule has 3 rings (SSSR count). The summed E-state index contributed by atoms with van der Waals surface area (Å²) in [6.07, 6.45) is 0. The summed E-state index contributed by atoms with van der Waals surface area (Å²) in [7, 11) is 3.13. The Labute approximate surface area is 166 Å². The van der Waals surface area contributed by atoms with Crippen LogP contribution in [0.15, 0.2) is 46.8 Å². The molecule has 27 heavy (non-hydrogen) atoms. The van der Waals surface area contributed by atoms with E-state index >= 15 is 0 Å². The Bertz CT molecular complexity index is 926. The zero-order valence-electron chi connectivity index (χ0n) is 15.2. The first-order chi connectivity index (χ1) is 13.1. The van der Waals surface area contributed by atoms with E-state index < -0.39 is 0 Å². The molecular weight excluding hydrogens is 382 g/mol. The minimum absolute atomic E-state index is 0.126. The molecule has 0 spiro atoms. The number of aromatic nitrogens is 2. The van der Waals surface area contributed by atoms with Crippen LogP contribution in [0.2, 0.25) is 0 Å². The Morgan fingerprint density at radius 3 is 2.56 bits per heavy atom. The third-order valence-electron chi connectivity index (χ3n) is 3.71. The van der Waals surface area contributed by atoms with Gasteiger partial charge in [-0.05, 0) is 30.6 Å². The van der Waals surface area contributed by atoms with E-state index in [1.807, 2.05) is 31.2 Å². The lowest BCUT2D eigenvalue weighted by Gasteiger charge is -2.10. The monoisotopic (exact) mass is 401 g/mol. The number of amides is 1. The van der Waals surface area contributed by atoms with E-state index in [0.29, 0.717) is 23.0 Å². The number of ether oxygens (including phenoxy) is 2. The summed E-state index contributed by atoms with van der Waals surface area (Å²) in [6.45, 7) is 2.04. The first-order valence-corrected chi connectivity index (χ1v) is 9.90. The largest absolute Gasteiger partial charge is 0.493 e. The zero-order valence-corrected chi connectivity index (χ0v) is 16.8. The zero-order chi connectivity index (χ0) is 19.2. The first-order valence-electron chi connectivity index (χ1n) is 8.14. The highest BCUT2D eigenvalue weighted by atomic mass is 32.2. The molecule has 0 saturated carbocycles. The number of hydrogen-bond donors (Lipinski definition) is 1. The molecule has 0 aliphatic heterocycles. The van der Waals surface area contributed by atoms with E-state index in [1.54, 1.807) is 32.4 Å². The number of nitrogens with one attached hydrogen (secondary N) is 1. The lowest BCUT2D eigenvalue weighted by Crippen LogP contribution is -2.14. The minimum atomic E-state index is -0.126. The summed E-state index contributed by atoms with van der Waals surface area (Å²) in [4.78, 5) is 16.7. The van der Waals surface area contributed by atoms with Crippen LogP contribution in [0.5, 0.6) is 11.5 Å². The molecule has 0 saturated heterocycles. The van der Waals surface area contributed by atoms with E-state index in [0.717, 1.165) is 9.90 Å². The second-order valence-electron chi connectivity index (χ2n) is 5.66. The van der Waals surface area contributed by atoms with Crippen LogP contribution < -0.4 is 14.8 Å². The van der Waals surface area contributed by atoms with Gasteiger partial charge in [-0.15, -0.1) is 0 Å². The van der Waals surface area contributed by atoms with Crippen molar-refractivity contribution in [3.8, 4) is 22.9 Å². The number of hydrogen-bond acceptors (Lipinski definition) is 7. The third-order valence-corrected chi connectivity index (χ3v) is 5.54. The Balaban J connectivity index is 1.57. The molecule has 0 atom stereocenters. The van der Waals surface area contributed by atoms with E-state index in [4.69, 9.17) is 9.47 Å². The Kier molecular flexibility index (Phi) is 6.31. The Morgan fingerprint density at radius 2 is 1.85 bits per heavy atom. The smallest absolute Gasteiger partial charge is 0.234 e. The summed E-state index contributed by atoms with van der Waals surface area (Å²) in [5.74, 6) is 1.98. The molecule has 1 amide bonds. The van der Waals surface area contributed by atoms with Crippen molar-refractivity contribution in [1.82, 2.24) is 9.36 Å². The molecule has 0 bridgehead atoms. The van der Waals surface area contributed by atoms with Crippen LogP contribution in [0.3, 0.4) is 0 Å². The molecule has 3 aromatic rings. The van der Waals surface area contributed by atoms with Crippen LogP contribution in [0, 0.1) is 6.92 Å². The standard InChI is InChI=1S/C19H19N3O3S2/c1-12-4-6-13(7-5-12)18-21-19(27-22-18)26-11-17(23)20-14-8-9-15(24-2)16(10-14)25-3/h4-10H,11H2,1-3H3,(H,20,23). The van der Waals surface area contributed by atoms with Crippen molar-refractivity contribution in [3.63, 3.8) is 0 Å². The molecule has 6 nitrogen and oxygen atoms in total. The lowest BCUT2D eigenvalue weighted by molar-refractivity contribution is -0.113. The van der Waals surface area contributed by atoms with Gasteiger partial charge in [0.25, 0.3) is 0 Å². The number of nitrogens with zero attached hydrogens (tertiary/aromatic N) is 2. The predicted octanol–water partition coefficient (Wildman–Crippen LogP) is 4.26. The van der Waals surface area contributed by atoms with E-state index in [9.17, 15) is 4.79 Å². The molecule has 1 heterocycles. The molecule has 0 radical (unpaired) electrons. The fraction of sp³-hybridized carbons (Fsp3) is 0.211. The average molecular weight is 402 g/mol. The van der Waals surface area contributed by atoms with Crippen LogP contribution in [0.1, 0.15) is 5.56 Å². The van der Waals surface area contributed by atoms with Crippen LogP contribution >= 0.6 is 23.3 Å². The maximum atomic E-state index is 12.2. The number of anilines is 1. The number of methoxy groups -OCH3 is 2. The molecule has 0 aliphatic rings. The van der Waals surface area contributed by atoms with E-state index in [-0.39, 0.29) is 11.7 Å². The van der Waals surface area contributed by atoms with Crippen molar-refractivity contribution < 1.29 is 14.3 Å². The first kappa shape index (κ1) is 19.2. The number of carbonyl (C=O) groups excluding carboxylic acids is 1. The Morgan fingerprint density at radius 1 is 1.11 bits per heavy atom. The SMILES string of the molecule is COc1ccc(NC(=O)CSc2nc(-c3ccc(C)cc3)ns2)cc1OC. The fourth-order valence-corrected chi connectivity index (χ4v) is 3.74. The highest BCUT2D eigenvalue weighted by Crippen LogP contribution is 2.30. The van der Waals surface area contributed by atoms with Gasteiger partial charge < -0.3 is 14.8 Å². The topological polar surface area (TPSA) is 73.3 Å². The highest BCUT2D eigenvalue weighted by molar-refractivity contribution is 8.01. The summed E-state index contributed by atoms with van der Waals surface area (Å²) in [5.41, 5.74) is 2.81. The van der Waals surface area contributed by atoms with Gasteiger partial charge in [-0.25, -0.2) is 4.98 Å². The quantitative estimate of drug-likeness (QED) is 0.596. The summed E-state index contributed by atoms with van der Waals surface area (Å²) < 4.78 is 15.6. The predicted molar refractivity (Wildman–Crippen MR) is 109 cm³/mol. The number of rotatable bonds is 7. The summed E-state index contributed by atoms with van der Waals surface area (Å²) in [6, 6.07) is 13.3. The number of benzene rings is 2. The number of thioether (sulfide) groups is 1. The molecular formula is C19H19N3O3S2. The van der Waals surface area contributed by atoms with Gasteiger partial charge in [0.05, 0.1) is 20.0 Å². The van der Waals surface area contributed by atoms with Gasteiger partial charge >= 0.3 is 0 Å². The second kappa shape index (κ2) is 8.88. The van der Waals surface area contributed by atoms with Gasteiger partial charge in [0.1, 0.15) is 0 Å². The molecule has 1 N–H and O–H groups in total. The third kappa shape index (κ3) is 4.99. The van der Waals surface area contributed by atoms with Crippen LogP contribution in [0.25, 0.3) is 11.4 Å². The molecule has 140 valence electrons. The van der Waals surface area contributed by atoms with E-state index in [1.165, 1.54) is 28.9 Å². The Hall–Kier alpha value is -2.58. The second-order valence-corrected chi connectivity index (χ2v) is 7.63. The summed E-state index contributed by atoms with van der Waals surface area (Å²) >= 11 is 2.65. The van der Waals surface area contributed by atoms with E-state index in [2.05, 4.69) is 14.7 Å². The van der Waals surface area contributed by atoms with Crippen molar-refractivity contribution in [2.24, 2.45) is 0 Å². The van der Waals surface area contributed by atoms with Crippen LogP contribution in [0.4, 0.5) is 5.69 Å². The van der Waals surface area contributed by atoms with Gasteiger partial charge in [-0.3, -0.25) is 4.79 Å². The van der Waals surface area contributed by atoms with Gasteiger partial charge in [-0.1, -0.05) is 41.6 Å². The van der Waals surface area contributed by atoms with Crippen molar-refractivity contribution >= 4 is 34.9 Å². The number of carbonyl (C=O) groups is 1. The van der Waals surface area contributed by atoms with Crippen molar-refractivity contribution in [2.75, 3.05) is 25.3 Å². The molecule has 1 aromatic heterocycles.